The maximum atomic E-state index is 10.8. The first-order valence-corrected chi connectivity index (χ1v) is 5.37. The van der Waals surface area contributed by atoms with E-state index >= 15 is 0 Å². The first-order valence-electron chi connectivity index (χ1n) is 5.37. The largest absolute Gasteiger partial charge is 0.427 e. The number of esters is 1. The Hall–Kier alpha value is -1.55. The lowest BCUT2D eigenvalue weighted by Gasteiger charge is -2.28. The number of benzene rings is 1. The normalized spacial score (nSPS) is 15.9. The van der Waals surface area contributed by atoms with E-state index in [2.05, 4.69) is 4.90 Å². The number of morpholine rings is 1. The molecule has 1 aliphatic heterocycles. The number of carbonyl (C=O) groups is 1. The van der Waals surface area contributed by atoms with Crippen molar-refractivity contribution in [2.24, 2.45) is 0 Å². The molecule has 1 fully saturated rings. The van der Waals surface area contributed by atoms with E-state index in [9.17, 15) is 4.79 Å². The Kier molecular flexibility index (Phi) is 3.41. The van der Waals surface area contributed by atoms with Crippen molar-refractivity contribution in [3.63, 3.8) is 0 Å². The van der Waals surface area contributed by atoms with E-state index in [4.69, 9.17) is 9.47 Å². The number of nitrogens with zero attached hydrogens (tertiary/aromatic N) is 1. The van der Waals surface area contributed by atoms with Crippen LogP contribution in [-0.2, 0) is 9.53 Å². The summed E-state index contributed by atoms with van der Waals surface area (Å²) in [5, 5.41) is 0. The molecule has 0 atom stereocenters. The van der Waals surface area contributed by atoms with Crippen molar-refractivity contribution in [2.45, 2.75) is 6.92 Å². The highest BCUT2D eigenvalue weighted by molar-refractivity contribution is 5.69. The molecule has 1 aromatic rings. The Labute approximate surface area is 94.8 Å². The van der Waals surface area contributed by atoms with Crippen molar-refractivity contribution in [1.29, 1.82) is 0 Å². The predicted octanol–water partition coefficient (Wildman–Crippen LogP) is 1.45. The summed E-state index contributed by atoms with van der Waals surface area (Å²) in [6, 6.07) is 7.55. The fourth-order valence-electron chi connectivity index (χ4n) is 1.71. The van der Waals surface area contributed by atoms with Gasteiger partial charge in [0.25, 0.3) is 0 Å². The van der Waals surface area contributed by atoms with E-state index in [1.165, 1.54) is 6.92 Å². The molecular formula is C12H15NO3. The molecule has 86 valence electrons. The fraction of sp³-hybridized carbons (Fsp3) is 0.417. The summed E-state index contributed by atoms with van der Waals surface area (Å²) in [5.41, 5.74) is 1.14. The summed E-state index contributed by atoms with van der Waals surface area (Å²) in [6.45, 7) is 4.76. The zero-order chi connectivity index (χ0) is 11.4. The van der Waals surface area contributed by atoms with E-state index in [0.29, 0.717) is 5.75 Å². The summed E-state index contributed by atoms with van der Waals surface area (Å²) in [5.74, 6) is 0.295. The molecule has 0 radical (unpaired) electrons. The minimum atomic E-state index is -0.292. The van der Waals surface area contributed by atoms with Gasteiger partial charge in [0.2, 0.25) is 0 Å². The quantitative estimate of drug-likeness (QED) is 0.559. The highest BCUT2D eigenvalue weighted by atomic mass is 16.5. The van der Waals surface area contributed by atoms with Gasteiger partial charge in [-0.25, -0.2) is 0 Å². The van der Waals surface area contributed by atoms with Crippen molar-refractivity contribution in [1.82, 2.24) is 0 Å². The topological polar surface area (TPSA) is 38.8 Å². The summed E-state index contributed by atoms with van der Waals surface area (Å²) >= 11 is 0. The standard InChI is InChI=1S/C12H15NO3/c1-10(14)16-12-4-2-11(3-5-12)13-6-8-15-9-7-13/h2-5H,6-9H2,1H3. The lowest BCUT2D eigenvalue weighted by Crippen LogP contribution is -2.36. The Morgan fingerprint density at radius 3 is 2.44 bits per heavy atom. The minimum Gasteiger partial charge on any atom is -0.427 e. The zero-order valence-corrected chi connectivity index (χ0v) is 9.31. The molecule has 0 saturated carbocycles. The molecule has 0 amide bonds. The number of rotatable bonds is 2. The van der Waals surface area contributed by atoms with Gasteiger partial charge in [0.05, 0.1) is 13.2 Å². The van der Waals surface area contributed by atoms with Crippen molar-refractivity contribution in [2.75, 3.05) is 31.2 Å². The lowest BCUT2D eigenvalue weighted by molar-refractivity contribution is -0.131. The Morgan fingerprint density at radius 1 is 1.25 bits per heavy atom. The maximum Gasteiger partial charge on any atom is 0.308 e. The van der Waals surface area contributed by atoms with Crippen LogP contribution in [0, 0.1) is 0 Å². The highest BCUT2D eigenvalue weighted by Gasteiger charge is 2.10. The Bertz CT molecular complexity index is 355. The number of hydrogen-bond donors (Lipinski definition) is 0. The van der Waals surface area contributed by atoms with Gasteiger partial charge < -0.3 is 14.4 Å². The first-order chi connectivity index (χ1) is 7.75. The molecule has 0 aromatic heterocycles. The van der Waals surface area contributed by atoms with Gasteiger partial charge in [0, 0.05) is 25.7 Å². The summed E-state index contributed by atoms with van der Waals surface area (Å²) in [7, 11) is 0. The molecule has 0 unspecified atom stereocenters. The second-order valence-corrected chi connectivity index (χ2v) is 3.69. The van der Waals surface area contributed by atoms with Crippen molar-refractivity contribution < 1.29 is 14.3 Å². The third-order valence-electron chi connectivity index (χ3n) is 2.47. The Balaban J connectivity index is 2.03. The van der Waals surface area contributed by atoms with E-state index in [1.807, 2.05) is 24.3 Å². The summed E-state index contributed by atoms with van der Waals surface area (Å²) in [6.07, 6.45) is 0. The van der Waals surface area contributed by atoms with Crippen LogP contribution in [0.25, 0.3) is 0 Å². The molecule has 0 bridgehead atoms. The summed E-state index contributed by atoms with van der Waals surface area (Å²) < 4.78 is 10.3. The molecule has 0 N–H and O–H groups in total. The molecule has 4 heteroatoms. The van der Waals surface area contributed by atoms with E-state index in [1.54, 1.807) is 0 Å². The van der Waals surface area contributed by atoms with Crippen molar-refractivity contribution in [3.05, 3.63) is 24.3 Å². The van der Waals surface area contributed by atoms with Crippen molar-refractivity contribution in [3.8, 4) is 5.75 Å². The molecule has 1 heterocycles. The smallest absolute Gasteiger partial charge is 0.308 e. The van der Waals surface area contributed by atoms with Gasteiger partial charge in [-0.05, 0) is 24.3 Å². The van der Waals surface area contributed by atoms with Crippen LogP contribution in [-0.4, -0.2) is 32.3 Å². The minimum absolute atomic E-state index is 0.292. The van der Waals surface area contributed by atoms with Gasteiger partial charge in [-0.2, -0.15) is 0 Å². The molecule has 0 aliphatic carbocycles. The van der Waals surface area contributed by atoms with E-state index in [-0.39, 0.29) is 5.97 Å². The van der Waals surface area contributed by atoms with Gasteiger partial charge in [-0.3, -0.25) is 4.79 Å². The predicted molar refractivity (Wildman–Crippen MR) is 60.8 cm³/mol. The van der Waals surface area contributed by atoms with E-state index < -0.39 is 0 Å². The van der Waals surface area contributed by atoms with Crippen LogP contribution in [0.15, 0.2) is 24.3 Å². The average Bonchev–Trinajstić information content (AvgIpc) is 2.30. The monoisotopic (exact) mass is 221 g/mol. The second-order valence-electron chi connectivity index (χ2n) is 3.69. The third kappa shape index (κ3) is 2.73. The van der Waals surface area contributed by atoms with Crippen LogP contribution in [0.3, 0.4) is 0 Å². The number of ether oxygens (including phenoxy) is 2. The van der Waals surface area contributed by atoms with Crippen molar-refractivity contribution >= 4 is 11.7 Å². The maximum absolute atomic E-state index is 10.8. The van der Waals surface area contributed by atoms with Gasteiger partial charge in [0.1, 0.15) is 5.75 Å². The van der Waals surface area contributed by atoms with Gasteiger partial charge in [0.15, 0.2) is 0 Å². The Morgan fingerprint density at radius 2 is 1.88 bits per heavy atom. The number of hydrogen-bond acceptors (Lipinski definition) is 4. The van der Waals surface area contributed by atoms with E-state index in [0.717, 1.165) is 32.0 Å². The zero-order valence-electron chi connectivity index (χ0n) is 9.31. The molecular weight excluding hydrogens is 206 g/mol. The lowest BCUT2D eigenvalue weighted by atomic mass is 10.2. The molecule has 1 saturated heterocycles. The van der Waals surface area contributed by atoms with Crippen LogP contribution in [0.2, 0.25) is 0 Å². The van der Waals surface area contributed by atoms with Crippen LogP contribution in [0.5, 0.6) is 5.75 Å². The molecule has 0 spiro atoms. The molecule has 16 heavy (non-hydrogen) atoms. The second kappa shape index (κ2) is 4.99. The van der Waals surface area contributed by atoms with Crippen LogP contribution in [0.1, 0.15) is 6.92 Å². The van der Waals surface area contributed by atoms with Gasteiger partial charge in [-0.15, -0.1) is 0 Å². The molecule has 2 rings (SSSR count). The molecule has 1 aliphatic rings. The number of carbonyl (C=O) groups excluding carboxylic acids is 1. The highest BCUT2D eigenvalue weighted by Crippen LogP contribution is 2.20. The first kappa shape index (κ1) is 11.0. The van der Waals surface area contributed by atoms with Gasteiger partial charge >= 0.3 is 5.97 Å². The SMILES string of the molecule is CC(=O)Oc1ccc(N2CCOCC2)cc1. The van der Waals surface area contributed by atoms with Crippen LogP contribution < -0.4 is 9.64 Å². The molecule has 1 aromatic carbocycles. The third-order valence-corrected chi connectivity index (χ3v) is 2.47. The molecule has 4 nitrogen and oxygen atoms in total. The average molecular weight is 221 g/mol. The van der Waals surface area contributed by atoms with Crippen LogP contribution in [0.4, 0.5) is 5.69 Å². The van der Waals surface area contributed by atoms with Gasteiger partial charge in [-0.1, -0.05) is 0 Å². The fourth-order valence-corrected chi connectivity index (χ4v) is 1.71. The number of anilines is 1. The summed E-state index contributed by atoms with van der Waals surface area (Å²) in [4.78, 5) is 13.0. The van der Waals surface area contributed by atoms with Crippen LogP contribution >= 0.6 is 0 Å².